The van der Waals surface area contributed by atoms with Gasteiger partial charge >= 0.3 is 5.69 Å². The van der Waals surface area contributed by atoms with Crippen LogP contribution in [-0.2, 0) is 9.53 Å². The summed E-state index contributed by atoms with van der Waals surface area (Å²) in [6, 6.07) is 3.78. The summed E-state index contributed by atoms with van der Waals surface area (Å²) < 4.78 is 18.4. The first-order valence-electron chi connectivity index (χ1n) is 6.37. The molecule has 0 unspecified atom stereocenters. The third-order valence-corrected chi connectivity index (χ3v) is 2.79. The molecule has 21 heavy (non-hydrogen) atoms. The maximum absolute atomic E-state index is 13.5. The molecule has 116 valence electrons. The molecule has 8 heteroatoms. The van der Waals surface area contributed by atoms with Gasteiger partial charge in [-0.25, -0.2) is 0 Å². The van der Waals surface area contributed by atoms with Crippen molar-refractivity contribution in [2.24, 2.45) is 0 Å². The summed E-state index contributed by atoms with van der Waals surface area (Å²) in [7, 11) is 3.06. The van der Waals surface area contributed by atoms with E-state index in [1.807, 2.05) is 0 Å². The number of benzene rings is 1. The fourth-order valence-electron chi connectivity index (χ4n) is 1.79. The van der Waals surface area contributed by atoms with Crippen molar-refractivity contribution >= 4 is 17.3 Å². The number of carbonyl (C=O) groups is 1. The minimum absolute atomic E-state index is 0.0621. The molecule has 0 spiro atoms. The van der Waals surface area contributed by atoms with E-state index in [0.29, 0.717) is 19.6 Å². The molecule has 0 radical (unpaired) electrons. The molecular weight excluding hydrogens is 281 g/mol. The average Bonchev–Trinajstić information content (AvgIpc) is 2.42. The Morgan fingerprint density at radius 3 is 2.86 bits per heavy atom. The molecule has 1 aromatic carbocycles. The van der Waals surface area contributed by atoms with Gasteiger partial charge in [-0.05, 0) is 18.6 Å². The Bertz CT molecular complexity index is 510. The summed E-state index contributed by atoms with van der Waals surface area (Å²) in [4.78, 5) is 23.1. The predicted octanol–water partition coefficient (Wildman–Crippen LogP) is 1.32. The number of halogens is 1. The zero-order valence-corrected chi connectivity index (χ0v) is 12.0. The van der Waals surface area contributed by atoms with Gasteiger partial charge in [0.25, 0.3) is 0 Å². The van der Waals surface area contributed by atoms with E-state index in [9.17, 15) is 19.3 Å². The molecule has 0 aliphatic heterocycles. The smallest absolute Gasteiger partial charge is 0.327 e. The maximum atomic E-state index is 13.5. The molecule has 0 aliphatic carbocycles. The van der Waals surface area contributed by atoms with Crippen molar-refractivity contribution in [1.82, 2.24) is 5.32 Å². The Morgan fingerprint density at radius 2 is 2.24 bits per heavy atom. The highest BCUT2D eigenvalue weighted by Crippen LogP contribution is 2.29. The predicted molar refractivity (Wildman–Crippen MR) is 75.8 cm³/mol. The van der Waals surface area contributed by atoms with Crippen molar-refractivity contribution in [3.63, 3.8) is 0 Å². The van der Waals surface area contributed by atoms with Gasteiger partial charge in [0, 0.05) is 27.3 Å². The second kappa shape index (κ2) is 8.15. The van der Waals surface area contributed by atoms with Crippen LogP contribution in [-0.4, -0.2) is 44.7 Å². The highest BCUT2D eigenvalue weighted by Gasteiger charge is 2.23. The van der Waals surface area contributed by atoms with Crippen LogP contribution >= 0.6 is 0 Å². The second-order valence-corrected chi connectivity index (χ2v) is 4.42. The SMILES string of the molecule is COCCCNC(=O)CN(C)c1cccc(F)c1[N+](=O)[O-]. The largest absolute Gasteiger partial charge is 0.385 e. The summed E-state index contributed by atoms with van der Waals surface area (Å²) in [6.45, 7) is 0.883. The molecule has 0 saturated carbocycles. The van der Waals surface area contributed by atoms with Crippen molar-refractivity contribution in [2.45, 2.75) is 6.42 Å². The lowest BCUT2D eigenvalue weighted by Gasteiger charge is -2.18. The Kier molecular flexibility index (Phi) is 6.54. The number of carbonyl (C=O) groups excluding carboxylic acids is 1. The van der Waals surface area contributed by atoms with E-state index in [-0.39, 0.29) is 18.1 Å². The first-order chi connectivity index (χ1) is 9.97. The van der Waals surface area contributed by atoms with E-state index in [1.54, 1.807) is 7.11 Å². The third kappa shape index (κ3) is 4.99. The standard InChI is InChI=1S/C13H18FN3O4/c1-16(9-12(18)15-7-4-8-21-2)11-6-3-5-10(14)13(11)17(19)20/h3,5-6H,4,7-9H2,1-2H3,(H,15,18). The Labute approximate surface area is 121 Å². The van der Waals surface area contributed by atoms with Crippen LogP contribution in [0.3, 0.4) is 0 Å². The number of nitrogens with zero attached hydrogens (tertiary/aromatic N) is 2. The lowest BCUT2D eigenvalue weighted by molar-refractivity contribution is -0.386. The number of anilines is 1. The summed E-state index contributed by atoms with van der Waals surface area (Å²) in [5.41, 5.74) is -0.570. The lowest BCUT2D eigenvalue weighted by atomic mass is 10.2. The molecule has 0 fully saturated rings. The highest BCUT2D eigenvalue weighted by molar-refractivity contribution is 5.82. The van der Waals surface area contributed by atoms with Gasteiger partial charge in [0.05, 0.1) is 11.5 Å². The topological polar surface area (TPSA) is 84.7 Å². The van der Waals surface area contributed by atoms with E-state index in [4.69, 9.17) is 4.74 Å². The van der Waals surface area contributed by atoms with Crippen LogP contribution in [0.15, 0.2) is 18.2 Å². The normalized spacial score (nSPS) is 10.2. The summed E-state index contributed by atoms with van der Waals surface area (Å²) in [5.74, 6) is -1.22. The van der Waals surface area contributed by atoms with Gasteiger partial charge in [-0.3, -0.25) is 14.9 Å². The molecular formula is C13H18FN3O4. The molecule has 1 N–H and O–H groups in total. The molecule has 1 amide bonds. The zero-order chi connectivity index (χ0) is 15.8. The van der Waals surface area contributed by atoms with Gasteiger partial charge in [0.1, 0.15) is 5.69 Å². The van der Waals surface area contributed by atoms with Gasteiger partial charge < -0.3 is 15.0 Å². The van der Waals surface area contributed by atoms with Crippen LogP contribution in [0.5, 0.6) is 0 Å². The van der Waals surface area contributed by atoms with Crippen LogP contribution in [0.1, 0.15) is 6.42 Å². The minimum Gasteiger partial charge on any atom is -0.385 e. The van der Waals surface area contributed by atoms with Crippen molar-refractivity contribution in [2.75, 3.05) is 38.8 Å². The third-order valence-electron chi connectivity index (χ3n) is 2.79. The van der Waals surface area contributed by atoms with Crippen molar-refractivity contribution in [1.29, 1.82) is 0 Å². The van der Waals surface area contributed by atoms with Gasteiger partial charge in [-0.15, -0.1) is 0 Å². The average molecular weight is 299 g/mol. The first kappa shape index (κ1) is 16.8. The van der Waals surface area contributed by atoms with Crippen molar-refractivity contribution in [3.8, 4) is 0 Å². The number of rotatable bonds is 8. The zero-order valence-electron chi connectivity index (χ0n) is 12.0. The summed E-state index contributed by atoms with van der Waals surface area (Å²) >= 11 is 0. The van der Waals surface area contributed by atoms with Crippen LogP contribution in [0, 0.1) is 15.9 Å². The number of nitrogens with one attached hydrogen (secondary N) is 1. The Morgan fingerprint density at radius 1 is 1.52 bits per heavy atom. The molecule has 0 bridgehead atoms. The maximum Gasteiger partial charge on any atom is 0.327 e. The van der Waals surface area contributed by atoms with E-state index in [2.05, 4.69) is 5.32 Å². The van der Waals surface area contributed by atoms with E-state index < -0.39 is 16.4 Å². The molecule has 0 aromatic heterocycles. The number of hydrogen-bond acceptors (Lipinski definition) is 5. The number of para-hydroxylation sites is 1. The van der Waals surface area contributed by atoms with Crippen molar-refractivity contribution in [3.05, 3.63) is 34.1 Å². The molecule has 1 rings (SSSR count). The fraction of sp³-hybridized carbons (Fsp3) is 0.462. The van der Waals surface area contributed by atoms with Gasteiger partial charge in [-0.1, -0.05) is 6.07 Å². The molecule has 1 aromatic rings. The van der Waals surface area contributed by atoms with Crippen LogP contribution < -0.4 is 10.2 Å². The molecule has 7 nitrogen and oxygen atoms in total. The van der Waals surface area contributed by atoms with Crippen LogP contribution in [0.2, 0.25) is 0 Å². The quantitative estimate of drug-likeness (QED) is 0.444. The van der Waals surface area contributed by atoms with Crippen LogP contribution in [0.4, 0.5) is 15.8 Å². The highest BCUT2D eigenvalue weighted by atomic mass is 19.1. The molecule has 0 aliphatic rings. The molecule has 0 atom stereocenters. The lowest BCUT2D eigenvalue weighted by Crippen LogP contribution is -2.36. The van der Waals surface area contributed by atoms with E-state index >= 15 is 0 Å². The Hall–Kier alpha value is -2.22. The van der Waals surface area contributed by atoms with Crippen molar-refractivity contribution < 1.29 is 18.8 Å². The summed E-state index contributed by atoms with van der Waals surface area (Å²) in [6.07, 6.45) is 0.673. The molecule has 0 heterocycles. The van der Waals surface area contributed by atoms with E-state index in [1.165, 1.54) is 24.1 Å². The second-order valence-electron chi connectivity index (χ2n) is 4.42. The van der Waals surface area contributed by atoms with E-state index in [0.717, 1.165) is 6.07 Å². The fourth-order valence-corrected chi connectivity index (χ4v) is 1.79. The minimum atomic E-state index is -0.926. The van der Waals surface area contributed by atoms with Crippen LogP contribution in [0.25, 0.3) is 0 Å². The number of ether oxygens (including phenoxy) is 1. The Balaban J connectivity index is 2.67. The number of likely N-dealkylation sites (N-methyl/N-ethyl adjacent to an activating group) is 1. The van der Waals surface area contributed by atoms with Gasteiger partial charge in [0.2, 0.25) is 11.7 Å². The number of nitro groups is 1. The number of nitro benzene ring substituents is 1. The molecule has 0 saturated heterocycles. The van der Waals surface area contributed by atoms with Gasteiger partial charge in [0.15, 0.2) is 0 Å². The summed E-state index contributed by atoms with van der Waals surface area (Å²) in [5, 5.41) is 13.6. The number of amides is 1. The number of methoxy groups -OCH3 is 1. The number of hydrogen-bond donors (Lipinski definition) is 1. The monoisotopic (exact) mass is 299 g/mol. The first-order valence-corrected chi connectivity index (χ1v) is 6.37. The van der Waals surface area contributed by atoms with Gasteiger partial charge in [-0.2, -0.15) is 4.39 Å².